The predicted molar refractivity (Wildman–Crippen MR) is 587 cm³/mol. The molecule has 0 bridgehead atoms. The van der Waals surface area contributed by atoms with Crippen molar-refractivity contribution in [2.24, 2.45) is 0 Å². The van der Waals surface area contributed by atoms with Crippen LogP contribution >= 0.6 is 0 Å². The van der Waals surface area contributed by atoms with E-state index in [2.05, 4.69) is 20.8 Å². The van der Waals surface area contributed by atoms with Gasteiger partial charge in [0.15, 0.2) is 0 Å². The Hall–Kier alpha value is -3.06. The van der Waals surface area contributed by atoms with Crippen LogP contribution in [0.4, 0.5) is 0 Å². The highest BCUT2D eigenvalue weighted by Crippen LogP contribution is 2.40. The van der Waals surface area contributed by atoms with E-state index in [9.17, 15) is 0 Å². The first-order chi connectivity index (χ1) is 74.1. The molecule has 18 heteroatoms. The Morgan fingerprint density at radius 3 is 0.511 bits per heavy atom. The van der Waals surface area contributed by atoms with E-state index in [0.717, 1.165) is 89.2 Å². The second-order valence-electron chi connectivity index (χ2n) is 42.3. The minimum atomic E-state index is -2.87. The largest absolute Gasteiger partial charge is 0.374 e. The van der Waals surface area contributed by atoms with Gasteiger partial charge < -0.3 is 85.3 Å². The summed E-state index contributed by atoms with van der Waals surface area (Å²) in [5.74, 6) is 0. The molecule has 0 aromatic heterocycles. The van der Waals surface area contributed by atoms with Crippen LogP contribution in [-0.2, 0) is 85.3 Å². The molecule has 0 saturated heterocycles. The van der Waals surface area contributed by atoms with E-state index in [1.54, 1.807) is 83.1 Å². The zero-order valence-electron chi connectivity index (χ0n) is 130. The van der Waals surface area contributed by atoms with Gasteiger partial charge in [0.05, 0.1) is 125 Å². The van der Waals surface area contributed by atoms with Crippen LogP contribution in [0.1, 0.15) is 481 Å². The van der Waals surface area contributed by atoms with Gasteiger partial charge in [0.2, 0.25) is 0 Å². The van der Waals surface area contributed by atoms with Crippen LogP contribution in [-0.4, -0.2) is 224 Å². The number of rotatable bonds is 45. The fraction of sp³-hybridized carbons (Fsp3) is 0.846. The molecule has 0 aliphatic carbocycles. The van der Waals surface area contributed by atoms with Gasteiger partial charge in [-0.25, -0.2) is 0 Å². The van der Waals surface area contributed by atoms with Crippen molar-refractivity contribution in [1.29, 1.82) is 0 Å². The first-order valence-corrected chi connectivity index (χ1v) is 45.9. The molecule has 1 atom stereocenters. The maximum Gasteiger partial charge on any atom is 0.0836 e. The Labute approximate surface area is 887 Å². The third kappa shape index (κ3) is 52.3. The molecule has 0 aromatic rings. The van der Waals surface area contributed by atoms with Gasteiger partial charge in [0.1, 0.15) is 0 Å². The Kier molecular flexibility index (Phi) is 44.1. The zero-order valence-corrected chi connectivity index (χ0v) is 97.2. The van der Waals surface area contributed by atoms with Gasteiger partial charge in [0, 0.05) is 144 Å². The van der Waals surface area contributed by atoms with E-state index >= 15 is 0 Å². The van der Waals surface area contributed by atoms with Crippen LogP contribution in [0.25, 0.3) is 0 Å². The van der Waals surface area contributed by atoms with Crippen LogP contribution in [0.5, 0.6) is 0 Å². The molecule has 0 spiro atoms. The summed E-state index contributed by atoms with van der Waals surface area (Å²) in [6, 6.07) is 0. The lowest BCUT2D eigenvalue weighted by Gasteiger charge is -2.33. The molecular formula is C117H234O18. The summed E-state index contributed by atoms with van der Waals surface area (Å²) < 4.78 is 338. The van der Waals surface area contributed by atoms with Gasteiger partial charge >= 0.3 is 0 Å². The summed E-state index contributed by atoms with van der Waals surface area (Å²) >= 11 is 0. The lowest BCUT2D eigenvalue weighted by Crippen LogP contribution is -2.32. The molecule has 0 heterocycles. The van der Waals surface area contributed by atoms with Crippen molar-refractivity contribution in [3.05, 3.63) is 100 Å². The van der Waals surface area contributed by atoms with Crippen LogP contribution in [0.3, 0.4) is 0 Å². The number of hydrogen-bond acceptors (Lipinski definition) is 18. The van der Waals surface area contributed by atoms with Crippen LogP contribution < -0.4 is 0 Å². The Bertz CT molecular complexity index is 4740. The van der Waals surface area contributed by atoms with Gasteiger partial charge in [-0.2, -0.15) is 0 Å². The summed E-state index contributed by atoms with van der Waals surface area (Å²) in [5.41, 5.74) is 5.29. The van der Waals surface area contributed by atoms with Crippen molar-refractivity contribution in [2.75, 3.05) is 123 Å². The Morgan fingerprint density at radius 2 is 0.341 bits per heavy atom. The average molecular weight is 1960 g/mol. The van der Waals surface area contributed by atoms with Gasteiger partial charge in [-0.15, -0.1) is 0 Å². The zero-order chi connectivity index (χ0) is 137. The van der Waals surface area contributed by atoms with Crippen molar-refractivity contribution in [3.8, 4) is 0 Å². The number of ether oxygens (including phenoxy) is 18. The SMILES string of the molecule is [2H]CCOC(C)(C)/C(C)=C(/C)C(C)(C)OC[2H].[2H]COC(C)(C)/C(C)=C(/C)C(C)(C)OC([2H])([2H])C.[2H]COC(C)(C)/C(C)=C(/C)C(C)(C)OC([2H])([2H])C([2H])([2H])[2H].[2H]COC(C)(C)/C(C)=C(/C)C(C)(C)OC([2H])([2H])C([2H])[2H].[2H]COC(C)(C)/C(C)=C(/C)C(C)(C)OC([2H])([2H])C[2H].[2H]COC(C)(C)/C(C)=C(/C)C(C)(C)OC([2H])C([2H])([2H])[2H].[2H]COC(C)(C)/C(C)=C(/C)C(C)(C)OCC.[2H]COC(C)(C)/C(C)=C(/C)C(C)(C)OCC([2H])([2H])[2H].[2H]COC(C)(C)/C(C)=C(/C)C(C)(C)OCC([2H])[2H]. The van der Waals surface area contributed by atoms with Crippen LogP contribution in [0.15, 0.2) is 100 Å². The van der Waals surface area contributed by atoms with Gasteiger partial charge in [-0.1, -0.05) is 0 Å². The summed E-state index contributed by atoms with van der Waals surface area (Å²) in [6.07, 6.45) is 0. The molecule has 0 aliphatic heterocycles. The fourth-order valence-electron chi connectivity index (χ4n) is 11.8. The maximum atomic E-state index is 7.60. The lowest BCUT2D eigenvalue weighted by molar-refractivity contribution is 0.0109. The first kappa shape index (κ1) is 93.0. The average Bonchev–Trinajstić information content (AvgIpc) is 0.777. The molecule has 0 fully saturated rings. The van der Waals surface area contributed by atoms with Gasteiger partial charge in [-0.05, 0) is 536 Å². The third-order valence-corrected chi connectivity index (χ3v) is 28.1. The highest BCUT2D eigenvalue weighted by Gasteiger charge is 2.38. The smallest absolute Gasteiger partial charge is 0.0836 e. The lowest BCUT2D eigenvalue weighted by atomic mass is 9.87. The van der Waals surface area contributed by atoms with E-state index in [4.69, 9.17) is 130 Å². The highest BCUT2D eigenvalue weighted by atomic mass is 16.5. The second kappa shape index (κ2) is 63.9. The van der Waals surface area contributed by atoms with E-state index < -0.39 is 169 Å². The molecule has 135 heavy (non-hydrogen) atoms. The number of methoxy groups -OCH3 is 9. The van der Waals surface area contributed by atoms with E-state index in [1.165, 1.54) is 12.5 Å². The molecule has 0 saturated carbocycles. The molecule has 0 aliphatic rings. The molecule has 0 aromatic carbocycles. The summed E-state index contributed by atoms with van der Waals surface area (Å²) in [4.78, 5) is 0. The summed E-state index contributed by atoms with van der Waals surface area (Å²) in [6.45, 7) is 85.0. The Morgan fingerprint density at radius 1 is 0.163 bits per heavy atom. The third-order valence-electron chi connectivity index (χ3n) is 28.1. The van der Waals surface area contributed by atoms with E-state index in [-0.39, 0.29) is 89.5 Å². The van der Waals surface area contributed by atoms with Crippen molar-refractivity contribution >= 4 is 0 Å². The molecule has 0 amide bonds. The number of hydrogen-bond donors (Lipinski definition) is 0. The topological polar surface area (TPSA) is 166 Å². The molecule has 0 rings (SSSR count). The maximum absolute atomic E-state index is 7.60. The van der Waals surface area contributed by atoms with Crippen LogP contribution in [0.2, 0.25) is 0 Å². The van der Waals surface area contributed by atoms with E-state index in [1.807, 2.05) is 277 Å². The summed E-state index contributed by atoms with van der Waals surface area (Å²) in [5, 5.41) is 0. The van der Waals surface area contributed by atoms with Gasteiger partial charge in [0.25, 0.3) is 0 Å². The fourth-order valence-corrected chi connectivity index (χ4v) is 11.8. The normalized spacial score (nSPS) is 19.6. The van der Waals surface area contributed by atoms with Gasteiger partial charge in [-0.3, -0.25) is 0 Å². The summed E-state index contributed by atoms with van der Waals surface area (Å²) in [7, 11) is -1.03. The molecule has 810 valence electrons. The monoisotopic (exact) mass is 1960 g/mol. The molecule has 1 unspecified atom stereocenters. The van der Waals surface area contributed by atoms with Crippen LogP contribution in [0, 0.1) is 0 Å². The van der Waals surface area contributed by atoms with Crippen molar-refractivity contribution < 1.29 is 130 Å². The van der Waals surface area contributed by atoms with Crippen molar-refractivity contribution in [1.82, 2.24) is 0 Å². The Balaban J connectivity index is -0.000000242. The predicted octanol–water partition coefficient (Wildman–Crippen LogP) is 32.1. The second-order valence-corrected chi connectivity index (χ2v) is 42.3. The minimum absolute atomic E-state index is 0.0211. The molecular weight excluding hydrogens is 1690 g/mol. The van der Waals surface area contributed by atoms with E-state index in [0.29, 0.717) is 18.8 Å². The highest BCUT2D eigenvalue weighted by molar-refractivity contribution is 5.32. The quantitative estimate of drug-likeness (QED) is 0.0528. The first-order valence-electron chi connectivity index (χ1n) is 65.0. The molecule has 18 nitrogen and oxygen atoms in total. The molecule has 0 N–H and O–H groups in total. The molecule has 0 radical (unpaired) electrons. The van der Waals surface area contributed by atoms with Crippen molar-refractivity contribution in [3.63, 3.8) is 0 Å². The minimum Gasteiger partial charge on any atom is -0.374 e. The van der Waals surface area contributed by atoms with Crippen molar-refractivity contribution in [2.45, 2.75) is 537 Å². The standard InChI is InChI=1S/9C13H26O2/c9*1-9-15-13(6,7)11(3)10(2)12(4,5)14-8/h9*9H2,1-8H3/b9*11-10-/i1D3,8D,9D2;1D3,8D,9D;1D2,8D,9D2;1D,8D,9D2;8D,9D2;1D3,8D;1D2,8D;1D,8D;8D.